The predicted molar refractivity (Wildman–Crippen MR) is 62.5 cm³/mol. The number of thioether (sulfide) groups is 1. The van der Waals surface area contributed by atoms with Gasteiger partial charge in [-0.05, 0) is 31.6 Å². The molecule has 2 atom stereocenters. The molecule has 1 rings (SSSR count). The van der Waals surface area contributed by atoms with Gasteiger partial charge in [0.1, 0.15) is 0 Å². The van der Waals surface area contributed by atoms with Gasteiger partial charge in [0, 0.05) is 11.3 Å². The van der Waals surface area contributed by atoms with E-state index >= 15 is 0 Å². The van der Waals surface area contributed by atoms with Crippen molar-refractivity contribution in [2.45, 2.75) is 57.2 Å². The van der Waals surface area contributed by atoms with Gasteiger partial charge in [0.2, 0.25) is 0 Å². The molecule has 0 aromatic rings. The highest BCUT2D eigenvalue weighted by molar-refractivity contribution is 7.99. The molecule has 1 nitrogen and oxygen atoms in total. The van der Waals surface area contributed by atoms with Crippen LogP contribution in [0.25, 0.3) is 0 Å². The van der Waals surface area contributed by atoms with Crippen LogP contribution in [0.3, 0.4) is 0 Å². The Morgan fingerprint density at radius 1 is 1.31 bits per heavy atom. The summed E-state index contributed by atoms with van der Waals surface area (Å²) in [5.74, 6) is 1.27. The highest BCUT2D eigenvalue weighted by Gasteiger charge is 2.25. The Labute approximate surface area is 87.1 Å². The summed E-state index contributed by atoms with van der Waals surface area (Å²) in [6.07, 6.45) is 6.91. The molecule has 1 fully saturated rings. The molecule has 0 spiro atoms. The van der Waals surface area contributed by atoms with E-state index in [0.717, 1.165) is 11.3 Å². The molecule has 0 radical (unpaired) electrons. The second kappa shape index (κ2) is 6.72. The maximum Gasteiger partial charge on any atom is 0.0201 e. The molecule has 0 aromatic carbocycles. The standard InChI is InChI=1S/C11H23NS/c1-3-5-9-12-10-7-6-8-11(10)13-4-2/h10-12H,3-9H2,1-2H3. The van der Waals surface area contributed by atoms with E-state index in [-0.39, 0.29) is 0 Å². The maximum absolute atomic E-state index is 3.70. The summed E-state index contributed by atoms with van der Waals surface area (Å²) in [6, 6.07) is 0.816. The van der Waals surface area contributed by atoms with Crippen molar-refractivity contribution in [1.82, 2.24) is 5.32 Å². The molecule has 2 unspecified atom stereocenters. The van der Waals surface area contributed by atoms with Gasteiger partial charge in [-0.3, -0.25) is 0 Å². The molecule has 2 heteroatoms. The molecule has 13 heavy (non-hydrogen) atoms. The molecular weight excluding hydrogens is 178 g/mol. The van der Waals surface area contributed by atoms with Gasteiger partial charge < -0.3 is 5.32 Å². The van der Waals surface area contributed by atoms with Crippen LogP contribution in [0, 0.1) is 0 Å². The highest BCUT2D eigenvalue weighted by atomic mass is 32.2. The Morgan fingerprint density at radius 2 is 2.15 bits per heavy atom. The fourth-order valence-corrected chi connectivity index (χ4v) is 3.26. The minimum atomic E-state index is 0.816. The molecule has 78 valence electrons. The zero-order chi connectivity index (χ0) is 9.52. The number of nitrogens with one attached hydrogen (secondary N) is 1. The van der Waals surface area contributed by atoms with Crippen molar-refractivity contribution in [2.24, 2.45) is 0 Å². The average Bonchev–Trinajstić information content (AvgIpc) is 2.54. The van der Waals surface area contributed by atoms with E-state index in [9.17, 15) is 0 Å². The largest absolute Gasteiger partial charge is 0.313 e. The van der Waals surface area contributed by atoms with E-state index in [1.165, 1.54) is 44.4 Å². The van der Waals surface area contributed by atoms with E-state index in [1.54, 1.807) is 0 Å². The van der Waals surface area contributed by atoms with Crippen LogP contribution in [0.1, 0.15) is 46.0 Å². The van der Waals surface area contributed by atoms with Gasteiger partial charge in [0.15, 0.2) is 0 Å². The molecule has 1 N–H and O–H groups in total. The first-order valence-corrected chi connectivity index (χ1v) is 6.78. The lowest BCUT2D eigenvalue weighted by Gasteiger charge is -2.19. The van der Waals surface area contributed by atoms with Crippen molar-refractivity contribution in [2.75, 3.05) is 12.3 Å². The SMILES string of the molecule is CCCCNC1CCCC1SCC. The number of unbranched alkanes of at least 4 members (excludes halogenated alkanes) is 1. The van der Waals surface area contributed by atoms with E-state index in [0.29, 0.717) is 0 Å². The van der Waals surface area contributed by atoms with E-state index in [4.69, 9.17) is 0 Å². The van der Waals surface area contributed by atoms with Crippen molar-refractivity contribution in [3.63, 3.8) is 0 Å². The lowest BCUT2D eigenvalue weighted by atomic mass is 10.2. The molecule has 1 saturated carbocycles. The Morgan fingerprint density at radius 3 is 2.85 bits per heavy atom. The van der Waals surface area contributed by atoms with Crippen LogP contribution in [-0.2, 0) is 0 Å². The molecule has 1 aliphatic carbocycles. The quantitative estimate of drug-likeness (QED) is 0.663. The lowest BCUT2D eigenvalue weighted by molar-refractivity contribution is 0.519. The van der Waals surface area contributed by atoms with Crippen LogP contribution in [0.4, 0.5) is 0 Å². The minimum Gasteiger partial charge on any atom is -0.313 e. The van der Waals surface area contributed by atoms with Gasteiger partial charge in [0.25, 0.3) is 0 Å². The number of rotatable bonds is 6. The van der Waals surface area contributed by atoms with Crippen molar-refractivity contribution in [3.8, 4) is 0 Å². The van der Waals surface area contributed by atoms with E-state index in [2.05, 4.69) is 30.9 Å². The molecule has 0 heterocycles. The molecule has 0 aliphatic heterocycles. The van der Waals surface area contributed by atoms with Crippen LogP contribution in [0.5, 0.6) is 0 Å². The molecule has 0 amide bonds. The van der Waals surface area contributed by atoms with Gasteiger partial charge >= 0.3 is 0 Å². The monoisotopic (exact) mass is 201 g/mol. The summed E-state index contributed by atoms with van der Waals surface area (Å²) < 4.78 is 0. The topological polar surface area (TPSA) is 12.0 Å². The van der Waals surface area contributed by atoms with E-state index in [1.807, 2.05) is 0 Å². The number of hydrogen-bond donors (Lipinski definition) is 1. The third-order valence-electron chi connectivity index (χ3n) is 2.77. The zero-order valence-corrected chi connectivity index (χ0v) is 9.83. The number of hydrogen-bond acceptors (Lipinski definition) is 2. The fourth-order valence-electron chi connectivity index (χ4n) is 2.04. The van der Waals surface area contributed by atoms with Crippen molar-refractivity contribution >= 4 is 11.8 Å². The summed E-state index contributed by atoms with van der Waals surface area (Å²) in [6.45, 7) is 5.75. The minimum absolute atomic E-state index is 0.816. The third-order valence-corrected chi connectivity index (χ3v) is 4.10. The molecule has 0 saturated heterocycles. The Kier molecular flexibility index (Phi) is 5.88. The normalized spacial score (nSPS) is 28.2. The lowest BCUT2D eigenvalue weighted by Crippen LogP contribution is -2.34. The summed E-state index contributed by atoms with van der Waals surface area (Å²) in [4.78, 5) is 0. The molecule has 0 aromatic heterocycles. The molecular formula is C11H23NS. The summed E-state index contributed by atoms with van der Waals surface area (Å²) in [7, 11) is 0. The summed E-state index contributed by atoms with van der Waals surface area (Å²) in [5, 5.41) is 4.60. The Bertz CT molecular complexity index is 127. The van der Waals surface area contributed by atoms with Gasteiger partial charge in [-0.15, -0.1) is 0 Å². The van der Waals surface area contributed by atoms with Gasteiger partial charge in [0.05, 0.1) is 0 Å². The smallest absolute Gasteiger partial charge is 0.0201 e. The summed E-state index contributed by atoms with van der Waals surface area (Å²) >= 11 is 2.14. The van der Waals surface area contributed by atoms with Crippen LogP contribution in [0.2, 0.25) is 0 Å². The second-order valence-electron chi connectivity index (χ2n) is 3.84. The Balaban J connectivity index is 2.15. The Hall–Kier alpha value is 0.310. The average molecular weight is 201 g/mol. The first-order valence-electron chi connectivity index (χ1n) is 5.73. The maximum atomic E-state index is 3.70. The summed E-state index contributed by atoms with van der Waals surface area (Å²) in [5.41, 5.74) is 0. The van der Waals surface area contributed by atoms with Crippen molar-refractivity contribution < 1.29 is 0 Å². The van der Waals surface area contributed by atoms with Gasteiger partial charge in [-0.25, -0.2) is 0 Å². The van der Waals surface area contributed by atoms with Gasteiger partial charge in [-0.1, -0.05) is 26.7 Å². The molecule has 0 bridgehead atoms. The van der Waals surface area contributed by atoms with Crippen LogP contribution < -0.4 is 5.32 Å². The first-order chi connectivity index (χ1) is 6.38. The third kappa shape index (κ3) is 3.90. The van der Waals surface area contributed by atoms with Gasteiger partial charge in [-0.2, -0.15) is 11.8 Å². The second-order valence-corrected chi connectivity index (χ2v) is 5.36. The first kappa shape index (κ1) is 11.4. The zero-order valence-electron chi connectivity index (χ0n) is 9.01. The van der Waals surface area contributed by atoms with Crippen LogP contribution >= 0.6 is 11.8 Å². The van der Waals surface area contributed by atoms with Crippen molar-refractivity contribution in [1.29, 1.82) is 0 Å². The van der Waals surface area contributed by atoms with Crippen molar-refractivity contribution in [3.05, 3.63) is 0 Å². The fraction of sp³-hybridized carbons (Fsp3) is 1.00. The predicted octanol–water partition coefficient (Wildman–Crippen LogP) is 3.05. The van der Waals surface area contributed by atoms with Crippen LogP contribution in [-0.4, -0.2) is 23.6 Å². The van der Waals surface area contributed by atoms with Crippen LogP contribution in [0.15, 0.2) is 0 Å². The molecule has 1 aliphatic rings. The highest BCUT2D eigenvalue weighted by Crippen LogP contribution is 2.29. The van der Waals surface area contributed by atoms with E-state index < -0.39 is 0 Å².